The van der Waals surface area contributed by atoms with Gasteiger partial charge in [0.15, 0.2) is 0 Å². The molecule has 0 bridgehead atoms. The van der Waals surface area contributed by atoms with Crippen LogP contribution in [0.15, 0.2) is 9.26 Å². The molecular formula is C8H9BrN2O. The van der Waals surface area contributed by atoms with E-state index in [-0.39, 0.29) is 0 Å². The first-order chi connectivity index (χ1) is 5.83. The Morgan fingerprint density at radius 3 is 2.58 bits per heavy atom. The number of fused-ring (bicyclic) bond motifs is 1. The quantitative estimate of drug-likeness (QED) is 0.741. The number of aromatic nitrogens is 2. The first kappa shape index (κ1) is 7.06. The van der Waals surface area contributed by atoms with Crippen LogP contribution in [0.1, 0.15) is 31.1 Å². The van der Waals surface area contributed by atoms with Gasteiger partial charge in [-0.3, -0.25) is 0 Å². The lowest BCUT2D eigenvalue weighted by Gasteiger charge is -2.03. The van der Waals surface area contributed by atoms with Gasteiger partial charge in [0, 0.05) is 5.92 Å². The molecule has 2 aliphatic carbocycles. The number of rotatable bonds is 1. The second-order valence-corrected chi connectivity index (χ2v) is 4.54. The predicted octanol–water partition coefficient (Wildman–Crippen LogP) is 2.35. The summed E-state index contributed by atoms with van der Waals surface area (Å²) in [5.74, 6) is 3.32. The van der Waals surface area contributed by atoms with E-state index in [1.165, 1.54) is 19.3 Å². The summed E-state index contributed by atoms with van der Waals surface area (Å²) in [4.78, 5) is 4.19. The van der Waals surface area contributed by atoms with Gasteiger partial charge in [0.2, 0.25) is 10.6 Å². The minimum absolute atomic E-state index is 0.549. The van der Waals surface area contributed by atoms with Crippen molar-refractivity contribution < 1.29 is 4.52 Å². The van der Waals surface area contributed by atoms with E-state index in [2.05, 4.69) is 26.1 Å². The van der Waals surface area contributed by atoms with E-state index in [4.69, 9.17) is 4.52 Å². The van der Waals surface area contributed by atoms with Crippen LogP contribution < -0.4 is 0 Å². The van der Waals surface area contributed by atoms with Crippen molar-refractivity contribution in [2.75, 3.05) is 0 Å². The van der Waals surface area contributed by atoms with Crippen LogP contribution >= 0.6 is 15.9 Å². The number of hydrogen-bond acceptors (Lipinski definition) is 3. The zero-order valence-corrected chi connectivity index (χ0v) is 8.12. The summed E-state index contributed by atoms with van der Waals surface area (Å²) in [6.07, 6.45) is 3.96. The van der Waals surface area contributed by atoms with Crippen LogP contribution in [0.2, 0.25) is 0 Å². The van der Waals surface area contributed by atoms with Crippen LogP contribution in [0.3, 0.4) is 0 Å². The average Bonchev–Trinajstić information content (AvgIpc) is 2.49. The molecule has 0 amide bonds. The van der Waals surface area contributed by atoms with Gasteiger partial charge in [0.1, 0.15) is 0 Å². The Morgan fingerprint density at radius 2 is 2.00 bits per heavy atom. The van der Waals surface area contributed by atoms with Crippen molar-refractivity contribution in [3.05, 3.63) is 10.6 Å². The first-order valence-electron chi connectivity index (χ1n) is 4.32. The normalized spacial score (nSPS) is 38.2. The van der Waals surface area contributed by atoms with Gasteiger partial charge >= 0.3 is 0 Å². The Hall–Kier alpha value is -0.380. The fourth-order valence-corrected chi connectivity index (χ4v) is 2.55. The molecule has 2 unspecified atom stereocenters. The molecule has 4 heteroatoms. The molecule has 1 aromatic heterocycles. The van der Waals surface area contributed by atoms with Crippen LogP contribution in [0.4, 0.5) is 0 Å². The Bertz CT molecular complexity index is 302. The van der Waals surface area contributed by atoms with E-state index in [0.717, 1.165) is 17.7 Å². The smallest absolute Gasteiger partial charge is 0.238 e. The molecule has 2 fully saturated rings. The summed E-state index contributed by atoms with van der Waals surface area (Å²) < 4.78 is 5.69. The summed E-state index contributed by atoms with van der Waals surface area (Å²) in [6.45, 7) is 0. The highest BCUT2D eigenvalue weighted by atomic mass is 79.9. The lowest BCUT2D eigenvalue weighted by atomic mass is 10.0. The Morgan fingerprint density at radius 1 is 1.25 bits per heavy atom. The van der Waals surface area contributed by atoms with Gasteiger partial charge in [-0.25, -0.2) is 0 Å². The van der Waals surface area contributed by atoms with Crippen LogP contribution in [-0.4, -0.2) is 10.1 Å². The monoisotopic (exact) mass is 228 g/mol. The standard InChI is InChI=1S/C8H9BrN2O/c9-8-10-7(12-11-8)6-2-4-1-5(4)3-6/h4-6H,1-3H2. The van der Waals surface area contributed by atoms with E-state index in [1.807, 2.05) is 0 Å². The predicted molar refractivity (Wildman–Crippen MR) is 45.6 cm³/mol. The van der Waals surface area contributed by atoms with E-state index in [9.17, 15) is 0 Å². The molecule has 3 rings (SSSR count). The molecular weight excluding hydrogens is 220 g/mol. The molecule has 64 valence electrons. The van der Waals surface area contributed by atoms with Gasteiger partial charge in [-0.05, 0) is 52.2 Å². The third kappa shape index (κ3) is 1.01. The van der Waals surface area contributed by atoms with E-state index >= 15 is 0 Å². The Labute approximate surface area is 78.7 Å². The number of hydrogen-bond donors (Lipinski definition) is 0. The van der Waals surface area contributed by atoms with Gasteiger partial charge < -0.3 is 4.52 Å². The van der Waals surface area contributed by atoms with Gasteiger partial charge in [-0.2, -0.15) is 4.98 Å². The second-order valence-electron chi connectivity index (χ2n) is 3.83. The van der Waals surface area contributed by atoms with Crippen LogP contribution in [0, 0.1) is 11.8 Å². The SMILES string of the molecule is Brc1noc(C2CC3CC3C2)n1. The number of nitrogens with zero attached hydrogens (tertiary/aromatic N) is 2. The van der Waals surface area contributed by atoms with Gasteiger partial charge in [0.05, 0.1) is 0 Å². The van der Waals surface area contributed by atoms with Gasteiger partial charge in [-0.15, -0.1) is 0 Å². The summed E-state index contributed by atoms with van der Waals surface area (Å²) >= 11 is 3.19. The molecule has 1 heterocycles. The van der Waals surface area contributed by atoms with Gasteiger partial charge in [0.25, 0.3) is 0 Å². The second kappa shape index (κ2) is 2.31. The van der Waals surface area contributed by atoms with Gasteiger partial charge in [-0.1, -0.05) is 0 Å². The molecule has 2 aliphatic rings. The third-order valence-corrected chi connectivity index (χ3v) is 3.33. The molecule has 0 radical (unpaired) electrons. The maximum atomic E-state index is 5.11. The minimum atomic E-state index is 0.549. The zero-order chi connectivity index (χ0) is 8.13. The number of halogens is 1. The molecule has 12 heavy (non-hydrogen) atoms. The minimum Gasteiger partial charge on any atom is -0.338 e. The highest BCUT2D eigenvalue weighted by Gasteiger charge is 2.47. The van der Waals surface area contributed by atoms with E-state index in [1.54, 1.807) is 0 Å². The highest BCUT2D eigenvalue weighted by Crippen LogP contribution is 2.57. The Balaban J connectivity index is 1.81. The molecule has 2 saturated carbocycles. The van der Waals surface area contributed by atoms with Crippen molar-refractivity contribution >= 4 is 15.9 Å². The molecule has 0 N–H and O–H groups in total. The van der Waals surface area contributed by atoms with Crippen molar-refractivity contribution in [1.29, 1.82) is 0 Å². The van der Waals surface area contributed by atoms with Crippen molar-refractivity contribution in [2.45, 2.75) is 25.2 Å². The summed E-state index contributed by atoms with van der Waals surface area (Å²) in [5, 5.41) is 3.73. The lowest BCUT2D eigenvalue weighted by Crippen LogP contribution is -1.95. The molecule has 1 aromatic rings. The average molecular weight is 229 g/mol. The first-order valence-corrected chi connectivity index (χ1v) is 5.11. The zero-order valence-electron chi connectivity index (χ0n) is 6.53. The summed E-state index contributed by atoms with van der Waals surface area (Å²) in [7, 11) is 0. The molecule has 0 spiro atoms. The van der Waals surface area contributed by atoms with E-state index in [0.29, 0.717) is 10.7 Å². The fourth-order valence-electron chi connectivity index (χ4n) is 2.30. The van der Waals surface area contributed by atoms with Crippen molar-refractivity contribution in [3.8, 4) is 0 Å². The highest BCUT2D eigenvalue weighted by molar-refractivity contribution is 9.10. The van der Waals surface area contributed by atoms with Crippen molar-refractivity contribution in [2.24, 2.45) is 11.8 Å². The summed E-state index contributed by atoms with van der Waals surface area (Å²) in [6, 6.07) is 0. The third-order valence-electron chi connectivity index (χ3n) is 3.01. The topological polar surface area (TPSA) is 38.9 Å². The molecule has 0 aliphatic heterocycles. The van der Waals surface area contributed by atoms with Crippen LogP contribution in [-0.2, 0) is 0 Å². The Kier molecular flexibility index (Phi) is 1.36. The van der Waals surface area contributed by atoms with Crippen molar-refractivity contribution in [3.63, 3.8) is 0 Å². The lowest BCUT2D eigenvalue weighted by molar-refractivity contribution is 0.344. The van der Waals surface area contributed by atoms with Crippen molar-refractivity contribution in [1.82, 2.24) is 10.1 Å². The maximum Gasteiger partial charge on any atom is 0.238 e. The molecule has 0 saturated heterocycles. The summed E-state index contributed by atoms with van der Waals surface area (Å²) in [5.41, 5.74) is 0. The fraction of sp³-hybridized carbons (Fsp3) is 0.750. The van der Waals surface area contributed by atoms with Crippen LogP contribution in [0.25, 0.3) is 0 Å². The molecule has 3 nitrogen and oxygen atoms in total. The molecule has 2 atom stereocenters. The largest absolute Gasteiger partial charge is 0.338 e. The van der Waals surface area contributed by atoms with Crippen LogP contribution in [0.5, 0.6) is 0 Å². The van der Waals surface area contributed by atoms with E-state index < -0.39 is 0 Å². The maximum absolute atomic E-state index is 5.11. The molecule has 0 aromatic carbocycles.